The Bertz CT molecular complexity index is 1020. The number of hydrogen-bond acceptors (Lipinski definition) is 3. The van der Waals surface area contributed by atoms with Crippen LogP contribution in [0, 0.1) is 11.6 Å². The summed E-state index contributed by atoms with van der Waals surface area (Å²) in [6.45, 7) is 0. The lowest BCUT2D eigenvalue weighted by Gasteiger charge is -2.10. The van der Waals surface area contributed by atoms with E-state index in [0.29, 0.717) is 5.56 Å². The quantitative estimate of drug-likeness (QED) is 0.520. The van der Waals surface area contributed by atoms with Gasteiger partial charge in [-0.15, -0.1) is 0 Å². The molecular formula is C21H15F2N3O2. The Morgan fingerprint density at radius 1 is 0.786 bits per heavy atom. The molecule has 0 aliphatic heterocycles. The van der Waals surface area contributed by atoms with Crippen molar-refractivity contribution in [1.29, 1.82) is 0 Å². The van der Waals surface area contributed by atoms with Crippen LogP contribution in [0.1, 0.15) is 26.3 Å². The third-order valence-corrected chi connectivity index (χ3v) is 3.78. The van der Waals surface area contributed by atoms with Crippen molar-refractivity contribution in [3.63, 3.8) is 0 Å². The average Bonchev–Trinajstić information content (AvgIpc) is 2.70. The highest BCUT2D eigenvalue weighted by atomic mass is 19.1. The normalized spacial score (nSPS) is 10.6. The Kier molecular flexibility index (Phi) is 5.86. The summed E-state index contributed by atoms with van der Waals surface area (Å²) in [7, 11) is 0. The number of halogens is 2. The lowest BCUT2D eigenvalue weighted by Crippen LogP contribution is -2.21. The topological polar surface area (TPSA) is 70.6 Å². The summed E-state index contributed by atoms with van der Waals surface area (Å²) in [6.07, 6.45) is 1.37. The summed E-state index contributed by atoms with van der Waals surface area (Å²) in [6, 6.07) is 17.1. The molecule has 0 atom stereocenters. The van der Waals surface area contributed by atoms with Crippen LogP contribution in [0.3, 0.4) is 0 Å². The van der Waals surface area contributed by atoms with Gasteiger partial charge in [0.2, 0.25) is 0 Å². The molecule has 140 valence electrons. The monoisotopic (exact) mass is 379 g/mol. The van der Waals surface area contributed by atoms with Gasteiger partial charge in [-0.05, 0) is 54.1 Å². The minimum atomic E-state index is -0.534. The predicted octanol–water partition coefficient (Wildman–Crippen LogP) is 3.98. The van der Waals surface area contributed by atoms with Gasteiger partial charge < -0.3 is 5.32 Å². The van der Waals surface area contributed by atoms with Crippen LogP contribution in [0.5, 0.6) is 0 Å². The van der Waals surface area contributed by atoms with Crippen molar-refractivity contribution < 1.29 is 18.4 Å². The maximum Gasteiger partial charge on any atom is 0.273 e. The Morgan fingerprint density at radius 2 is 1.39 bits per heavy atom. The molecule has 0 aliphatic carbocycles. The molecular weight excluding hydrogens is 364 g/mol. The number of nitrogens with one attached hydrogen (secondary N) is 2. The maximum absolute atomic E-state index is 13.0. The molecule has 0 aromatic heterocycles. The summed E-state index contributed by atoms with van der Waals surface area (Å²) in [5, 5.41) is 6.46. The molecule has 0 saturated carbocycles. The van der Waals surface area contributed by atoms with Crippen LogP contribution in [0.4, 0.5) is 14.5 Å². The van der Waals surface area contributed by atoms with Crippen molar-refractivity contribution >= 4 is 23.7 Å². The number of benzene rings is 3. The first-order chi connectivity index (χ1) is 13.5. The molecule has 2 N–H and O–H groups in total. The molecule has 0 saturated heterocycles. The molecule has 0 aliphatic rings. The van der Waals surface area contributed by atoms with Gasteiger partial charge in [-0.25, -0.2) is 14.2 Å². The average molecular weight is 379 g/mol. The number of rotatable bonds is 5. The molecule has 0 fully saturated rings. The van der Waals surface area contributed by atoms with E-state index in [-0.39, 0.29) is 22.6 Å². The Hall–Kier alpha value is -3.87. The molecule has 0 spiro atoms. The lowest BCUT2D eigenvalue weighted by molar-refractivity contribution is 0.0956. The van der Waals surface area contributed by atoms with Crippen molar-refractivity contribution in [2.75, 3.05) is 5.32 Å². The fraction of sp³-hybridized carbons (Fsp3) is 0. The highest BCUT2D eigenvalue weighted by Crippen LogP contribution is 2.16. The Balaban J connectivity index is 1.70. The van der Waals surface area contributed by atoms with Crippen molar-refractivity contribution in [2.45, 2.75) is 0 Å². The Morgan fingerprint density at radius 3 is 2.07 bits per heavy atom. The summed E-state index contributed by atoms with van der Waals surface area (Å²) in [4.78, 5) is 24.7. The van der Waals surface area contributed by atoms with E-state index >= 15 is 0 Å². The van der Waals surface area contributed by atoms with Crippen LogP contribution in [0.25, 0.3) is 0 Å². The third-order valence-electron chi connectivity index (χ3n) is 3.78. The van der Waals surface area contributed by atoms with Gasteiger partial charge in [-0.2, -0.15) is 5.10 Å². The second-order valence-corrected chi connectivity index (χ2v) is 5.76. The molecule has 5 nitrogen and oxygen atoms in total. The fourth-order valence-electron chi connectivity index (χ4n) is 2.36. The van der Waals surface area contributed by atoms with Gasteiger partial charge in [-0.3, -0.25) is 9.59 Å². The zero-order valence-electron chi connectivity index (χ0n) is 14.5. The van der Waals surface area contributed by atoms with E-state index in [0.717, 1.165) is 0 Å². The van der Waals surface area contributed by atoms with E-state index in [4.69, 9.17) is 0 Å². The zero-order chi connectivity index (χ0) is 19.9. The van der Waals surface area contributed by atoms with Crippen molar-refractivity contribution in [1.82, 2.24) is 5.43 Å². The summed E-state index contributed by atoms with van der Waals surface area (Å²) in [5.74, 6) is -1.83. The first-order valence-corrected chi connectivity index (χ1v) is 8.28. The molecule has 3 rings (SSSR count). The van der Waals surface area contributed by atoms with E-state index in [1.165, 1.54) is 60.8 Å². The van der Waals surface area contributed by atoms with Gasteiger partial charge in [0.15, 0.2) is 0 Å². The molecule has 2 amide bonds. The first-order valence-electron chi connectivity index (χ1n) is 8.28. The number of hydrogen-bond donors (Lipinski definition) is 2. The smallest absolute Gasteiger partial charge is 0.273 e. The van der Waals surface area contributed by atoms with Crippen LogP contribution in [0.2, 0.25) is 0 Å². The first kappa shape index (κ1) is 18.9. The van der Waals surface area contributed by atoms with E-state index in [1.807, 2.05) is 0 Å². The van der Waals surface area contributed by atoms with E-state index in [2.05, 4.69) is 15.8 Å². The van der Waals surface area contributed by atoms with E-state index in [9.17, 15) is 18.4 Å². The number of hydrazone groups is 1. The number of para-hydroxylation sites is 1. The second kappa shape index (κ2) is 8.68. The SMILES string of the molecule is O=C(Nc1ccccc1C(=O)NN=Cc1ccc(F)cc1)c1ccc(F)cc1. The molecule has 0 bridgehead atoms. The summed E-state index contributed by atoms with van der Waals surface area (Å²) in [5.41, 5.74) is 3.71. The number of anilines is 1. The van der Waals surface area contributed by atoms with Crippen LogP contribution in [0.15, 0.2) is 77.9 Å². The highest BCUT2D eigenvalue weighted by molar-refractivity contribution is 6.09. The molecule has 28 heavy (non-hydrogen) atoms. The predicted molar refractivity (Wildman–Crippen MR) is 102 cm³/mol. The molecule has 3 aromatic rings. The highest BCUT2D eigenvalue weighted by Gasteiger charge is 2.13. The minimum absolute atomic E-state index is 0.203. The third kappa shape index (κ3) is 4.85. The Labute approximate surface area is 159 Å². The van der Waals surface area contributed by atoms with Gasteiger partial charge in [0, 0.05) is 5.56 Å². The van der Waals surface area contributed by atoms with Gasteiger partial charge in [0.1, 0.15) is 11.6 Å². The van der Waals surface area contributed by atoms with Gasteiger partial charge in [-0.1, -0.05) is 24.3 Å². The van der Waals surface area contributed by atoms with Crippen molar-refractivity contribution in [2.24, 2.45) is 5.10 Å². The van der Waals surface area contributed by atoms with Gasteiger partial charge in [0.05, 0.1) is 17.5 Å². The largest absolute Gasteiger partial charge is 0.321 e. The van der Waals surface area contributed by atoms with Gasteiger partial charge in [0.25, 0.3) is 11.8 Å². The number of nitrogens with zero attached hydrogens (tertiary/aromatic N) is 1. The van der Waals surface area contributed by atoms with E-state index < -0.39 is 17.6 Å². The standard InChI is InChI=1S/C21H15F2N3O2/c22-16-9-5-14(6-10-16)13-24-26-21(28)18-3-1-2-4-19(18)25-20(27)15-7-11-17(23)12-8-15/h1-13H,(H,25,27)(H,26,28). The number of carbonyl (C=O) groups excluding carboxylic acids is 2. The number of carbonyl (C=O) groups is 2. The maximum atomic E-state index is 13.0. The lowest BCUT2D eigenvalue weighted by atomic mass is 10.1. The van der Waals surface area contributed by atoms with Crippen molar-refractivity contribution in [3.8, 4) is 0 Å². The molecule has 0 heterocycles. The second-order valence-electron chi connectivity index (χ2n) is 5.76. The summed E-state index contributed by atoms with van der Waals surface area (Å²) >= 11 is 0. The molecule has 0 unspecified atom stereocenters. The minimum Gasteiger partial charge on any atom is -0.321 e. The number of amides is 2. The fourth-order valence-corrected chi connectivity index (χ4v) is 2.36. The molecule has 7 heteroatoms. The van der Waals surface area contributed by atoms with E-state index in [1.54, 1.807) is 18.2 Å². The van der Waals surface area contributed by atoms with Crippen LogP contribution in [-0.2, 0) is 0 Å². The van der Waals surface area contributed by atoms with Crippen LogP contribution < -0.4 is 10.7 Å². The van der Waals surface area contributed by atoms with Crippen LogP contribution in [-0.4, -0.2) is 18.0 Å². The zero-order valence-corrected chi connectivity index (χ0v) is 14.5. The molecule has 0 radical (unpaired) electrons. The van der Waals surface area contributed by atoms with Crippen LogP contribution >= 0.6 is 0 Å². The van der Waals surface area contributed by atoms with Gasteiger partial charge >= 0.3 is 0 Å². The van der Waals surface area contributed by atoms with Crippen molar-refractivity contribution in [3.05, 3.63) is 101 Å². The molecule has 3 aromatic carbocycles. The summed E-state index contributed by atoms with van der Waals surface area (Å²) < 4.78 is 25.9.